The molecule has 134 valence electrons. The van der Waals surface area contributed by atoms with Gasteiger partial charge in [0.1, 0.15) is 11.6 Å². The first-order valence-corrected chi connectivity index (χ1v) is 9.50. The lowest BCUT2D eigenvalue weighted by atomic mass is 10.3. The van der Waals surface area contributed by atoms with Gasteiger partial charge >= 0.3 is 0 Å². The molecule has 25 heavy (non-hydrogen) atoms. The van der Waals surface area contributed by atoms with Crippen LogP contribution in [0.15, 0.2) is 35.5 Å². The normalized spacial score (nSPS) is 16.2. The summed E-state index contributed by atoms with van der Waals surface area (Å²) in [6, 6.07) is 2.96. The zero-order valence-corrected chi connectivity index (χ0v) is 15.1. The molecule has 0 unspecified atom stereocenters. The summed E-state index contributed by atoms with van der Waals surface area (Å²) in [7, 11) is -4.27. The summed E-state index contributed by atoms with van der Waals surface area (Å²) in [6.45, 7) is 0.647. The van der Waals surface area contributed by atoms with Gasteiger partial charge in [-0.05, 0) is 12.1 Å². The monoisotopic (exact) mass is 407 g/mol. The third kappa shape index (κ3) is 3.44. The summed E-state index contributed by atoms with van der Waals surface area (Å²) in [4.78, 5) is 4.76. The maximum Gasteiger partial charge on any atom is 0.249 e. The summed E-state index contributed by atoms with van der Waals surface area (Å²) in [5.74, 6) is -2.22. The van der Waals surface area contributed by atoms with Gasteiger partial charge < -0.3 is 4.90 Å². The van der Waals surface area contributed by atoms with E-state index in [0.29, 0.717) is 15.7 Å². The Morgan fingerprint density at radius 1 is 0.960 bits per heavy atom. The quantitative estimate of drug-likeness (QED) is 0.783. The molecular formula is C15H13Cl2F2N3O2S. The fourth-order valence-electron chi connectivity index (χ4n) is 2.72. The second kappa shape index (κ2) is 7.03. The van der Waals surface area contributed by atoms with Crippen molar-refractivity contribution in [1.29, 1.82) is 0 Å². The van der Waals surface area contributed by atoms with E-state index in [1.165, 1.54) is 12.4 Å². The topological polar surface area (TPSA) is 53.5 Å². The number of aromatic nitrogens is 1. The predicted octanol–water partition coefficient (Wildman–Crippen LogP) is 3.18. The van der Waals surface area contributed by atoms with E-state index in [9.17, 15) is 17.2 Å². The lowest BCUT2D eigenvalue weighted by Crippen LogP contribution is -2.49. The maximum absolute atomic E-state index is 13.9. The van der Waals surface area contributed by atoms with Crippen molar-refractivity contribution in [2.75, 3.05) is 31.1 Å². The molecule has 1 fully saturated rings. The van der Waals surface area contributed by atoms with E-state index in [1.807, 2.05) is 4.90 Å². The Hall–Kier alpha value is -1.48. The van der Waals surface area contributed by atoms with Crippen LogP contribution in [0.5, 0.6) is 0 Å². The van der Waals surface area contributed by atoms with Crippen molar-refractivity contribution < 1.29 is 17.2 Å². The fourth-order valence-corrected chi connectivity index (χ4v) is 4.85. The van der Waals surface area contributed by atoms with Gasteiger partial charge in [0, 0.05) is 38.6 Å². The zero-order valence-electron chi connectivity index (χ0n) is 12.8. The molecule has 0 radical (unpaired) electrons. The minimum Gasteiger partial charge on any atom is -0.366 e. The lowest BCUT2D eigenvalue weighted by Gasteiger charge is -2.36. The standard InChI is InChI=1S/C15H13Cl2F2N3O2S/c16-10-8-20-9-11(17)14(10)21-4-6-22(7-5-21)25(23,24)15-12(18)2-1-3-13(15)19/h1-3,8-9H,4-7H2. The summed E-state index contributed by atoms with van der Waals surface area (Å²) in [5.41, 5.74) is 0.562. The highest BCUT2D eigenvalue weighted by Gasteiger charge is 2.33. The first-order valence-electron chi connectivity index (χ1n) is 7.30. The van der Waals surface area contributed by atoms with Crippen molar-refractivity contribution in [3.63, 3.8) is 0 Å². The highest BCUT2D eigenvalue weighted by Crippen LogP contribution is 2.33. The smallest absolute Gasteiger partial charge is 0.249 e. The Bertz CT molecular complexity index is 863. The van der Waals surface area contributed by atoms with Gasteiger partial charge in [-0.25, -0.2) is 17.2 Å². The average Bonchev–Trinajstić information content (AvgIpc) is 2.55. The van der Waals surface area contributed by atoms with E-state index >= 15 is 0 Å². The molecule has 0 saturated carbocycles. The number of piperazine rings is 1. The molecule has 0 atom stereocenters. The van der Waals surface area contributed by atoms with Gasteiger partial charge in [0.05, 0.1) is 15.7 Å². The molecule has 1 aromatic carbocycles. The van der Waals surface area contributed by atoms with Crippen LogP contribution in [0.1, 0.15) is 0 Å². The van der Waals surface area contributed by atoms with Crippen molar-refractivity contribution in [2.45, 2.75) is 4.90 Å². The van der Waals surface area contributed by atoms with Crippen LogP contribution >= 0.6 is 23.2 Å². The van der Waals surface area contributed by atoms with E-state index in [-0.39, 0.29) is 26.2 Å². The molecule has 10 heteroatoms. The molecule has 2 heterocycles. The third-order valence-electron chi connectivity index (χ3n) is 3.90. The van der Waals surface area contributed by atoms with Crippen LogP contribution in [0.4, 0.5) is 14.5 Å². The molecule has 0 N–H and O–H groups in total. The van der Waals surface area contributed by atoms with Gasteiger partial charge in [-0.2, -0.15) is 4.31 Å². The van der Waals surface area contributed by atoms with Crippen LogP contribution in [0.3, 0.4) is 0 Å². The third-order valence-corrected chi connectivity index (χ3v) is 6.40. The lowest BCUT2D eigenvalue weighted by molar-refractivity contribution is 0.378. The second-order valence-corrected chi connectivity index (χ2v) is 8.08. The SMILES string of the molecule is O=S(=O)(c1c(F)cccc1F)N1CCN(c2c(Cl)cncc2Cl)CC1. The average molecular weight is 408 g/mol. The van der Waals surface area contributed by atoms with Gasteiger partial charge in [-0.1, -0.05) is 29.3 Å². The molecule has 1 aliphatic heterocycles. The zero-order chi connectivity index (χ0) is 18.2. The van der Waals surface area contributed by atoms with E-state index in [4.69, 9.17) is 23.2 Å². The largest absolute Gasteiger partial charge is 0.366 e. The van der Waals surface area contributed by atoms with Crippen LogP contribution in [-0.2, 0) is 10.0 Å². The number of benzene rings is 1. The van der Waals surface area contributed by atoms with Crippen molar-refractivity contribution in [1.82, 2.24) is 9.29 Å². The molecule has 1 aromatic heterocycles. The Kier molecular flexibility index (Phi) is 5.15. The number of pyridine rings is 1. The van der Waals surface area contributed by atoms with Gasteiger partial charge in [0.25, 0.3) is 0 Å². The van der Waals surface area contributed by atoms with Gasteiger partial charge in [-0.15, -0.1) is 0 Å². The highest BCUT2D eigenvalue weighted by atomic mass is 35.5. The van der Waals surface area contributed by atoms with E-state index in [1.54, 1.807) is 0 Å². The molecule has 3 rings (SSSR count). The molecule has 1 saturated heterocycles. The number of halogens is 4. The molecule has 0 amide bonds. The van der Waals surface area contributed by atoms with Crippen molar-refractivity contribution in [3.8, 4) is 0 Å². The molecule has 0 spiro atoms. The number of hydrogen-bond donors (Lipinski definition) is 0. The van der Waals surface area contributed by atoms with Gasteiger partial charge in [-0.3, -0.25) is 4.98 Å². The Balaban J connectivity index is 1.83. The van der Waals surface area contributed by atoms with Crippen molar-refractivity contribution in [2.24, 2.45) is 0 Å². The number of rotatable bonds is 3. The molecule has 0 aliphatic carbocycles. The first-order chi connectivity index (χ1) is 11.8. The molecule has 0 bridgehead atoms. The summed E-state index contributed by atoms with van der Waals surface area (Å²) >= 11 is 12.2. The number of sulfonamides is 1. The highest BCUT2D eigenvalue weighted by molar-refractivity contribution is 7.89. The summed E-state index contributed by atoms with van der Waals surface area (Å²) < 4.78 is 53.9. The van der Waals surface area contributed by atoms with E-state index in [2.05, 4.69) is 4.98 Å². The number of hydrogen-bond acceptors (Lipinski definition) is 4. The van der Waals surface area contributed by atoms with Crippen LogP contribution in [0.25, 0.3) is 0 Å². The first kappa shape index (κ1) is 18.3. The Morgan fingerprint density at radius 3 is 2.00 bits per heavy atom. The second-order valence-electron chi connectivity index (χ2n) is 5.39. The summed E-state index contributed by atoms with van der Waals surface area (Å²) in [6.07, 6.45) is 2.89. The fraction of sp³-hybridized carbons (Fsp3) is 0.267. The van der Waals surface area contributed by atoms with Crippen LogP contribution < -0.4 is 4.90 Å². The van der Waals surface area contributed by atoms with Gasteiger partial charge in [0.2, 0.25) is 10.0 Å². The molecule has 1 aliphatic rings. The van der Waals surface area contributed by atoms with Crippen LogP contribution in [0, 0.1) is 11.6 Å². The maximum atomic E-state index is 13.9. The number of anilines is 1. The van der Waals surface area contributed by atoms with Crippen LogP contribution in [-0.4, -0.2) is 43.9 Å². The Morgan fingerprint density at radius 2 is 1.48 bits per heavy atom. The van der Waals surface area contributed by atoms with E-state index < -0.39 is 26.6 Å². The minimum absolute atomic E-state index is 0.0467. The molecule has 5 nitrogen and oxygen atoms in total. The number of nitrogens with zero attached hydrogens (tertiary/aromatic N) is 3. The molecular weight excluding hydrogens is 395 g/mol. The summed E-state index contributed by atoms with van der Waals surface area (Å²) in [5, 5.41) is 0.702. The van der Waals surface area contributed by atoms with Gasteiger partial charge in [0.15, 0.2) is 4.90 Å². The van der Waals surface area contributed by atoms with Crippen molar-refractivity contribution in [3.05, 3.63) is 52.3 Å². The Labute approximate surface area is 153 Å². The minimum atomic E-state index is -4.27. The van der Waals surface area contributed by atoms with E-state index in [0.717, 1.165) is 22.5 Å². The van der Waals surface area contributed by atoms with Crippen molar-refractivity contribution >= 4 is 38.9 Å². The van der Waals surface area contributed by atoms with Crippen LogP contribution in [0.2, 0.25) is 10.0 Å². The predicted molar refractivity (Wildman–Crippen MR) is 91.6 cm³/mol. The molecule has 2 aromatic rings.